The molecule has 0 unspecified atom stereocenters. The maximum Gasteiger partial charge on any atom is 0.269 e. The molecule has 1 saturated heterocycles. The summed E-state index contributed by atoms with van der Waals surface area (Å²) in [5.74, 6) is -0.980. The van der Waals surface area contributed by atoms with Crippen molar-refractivity contribution in [3.05, 3.63) is 103 Å². The Labute approximate surface area is 226 Å². The number of rotatable bonds is 5. The Morgan fingerprint density at radius 2 is 1.74 bits per heavy atom. The number of carbonyl (C=O) groups excluding carboxylic acids is 2. The number of nitriles is 1. The van der Waals surface area contributed by atoms with E-state index >= 15 is 0 Å². The molecule has 0 saturated carbocycles. The summed E-state index contributed by atoms with van der Waals surface area (Å²) in [6, 6.07) is 20.6. The van der Waals surface area contributed by atoms with Crippen LogP contribution in [0.2, 0.25) is 20.1 Å². The molecule has 176 valence electrons. The quantitative estimate of drug-likeness (QED) is 0.260. The number of amides is 2. The first-order valence-corrected chi connectivity index (χ1v) is 12.6. The van der Waals surface area contributed by atoms with Gasteiger partial charge in [-0.15, -0.1) is 0 Å². The van der Waals surface area contributed by atoms with Crippen molar-refractivity contribution >= 4 is 81.4 Å². The van der Waals surface area contributed by atoms with Gasteiger partial charge in [0.15, 0.2) is 0 Å². The average Bonchev–Trinajstić information content (AvgIpc) is 3.15. The Bertz CT molecular complexity index is 1390. The summed E-state index contributed by atoms with van der Waals surface area (Å²) in [6.45, 7) is 0. The molecule has 0 aromatic heterocycles. The smallest absolute Gasteiger partial charge is 0.269 e. The molecular formula is C25H15Cl4N3O2S. The van der Waals surface area contributed by atoms with E-state index in [9.17, 15) is 14.9 Å². The predicted molar refractivity (Wildman–Crippen MR) is 143 cm³/mol. The van der Waals surface area contributed by atoms with Gasteiger partial charge in [-0.25, -0.2) is 0 Å². The van der Waals surface area contributed by atoms with Gasteiger partial charge in [0, 0.05) is 10.7 Å². The molecule has 1 fully saturated rings. The van der Waals surface area contributed by atoms with Crippen molar-refractivity contribution in [2.75, 3.05) is 10.2 Å². The van der Waals surface area contributed by atoms with E-state index in [1.807, 2.05) is 12.1 Å². The van der Waals surface area contributed by atoms with Crippen LogP contribution in [0.25, 0.3) is 0 Å². The number of benzene rings is 3. The van der Waals surface area contributed by atoms with Crippen molar-refractivity contribution in [1.82, 2.24) is 0 Å². The van der Waals surface area contributed by atoms with E-state index in [0.717, 1.165) is 11.8 Å². The zero-order valence-electron chi connectivity index (χ0n) is 17.8. The SMILES string of the molecule is N#C/C(C(=O)Nc1ccc(Cl)cc1Cl)=C1/S[C@@H](Cc2cccc(Cl)c2Cl)C(=O)N1c1ccccc1. The lowest BCUT2D eigenvalue weighted by Gasteiger charge is -2.18. The van der Waals surface area contributed by atoms with Crippen LogP contribution in [0.3, 0.4) is 0 Å². The van der Waals surface area contributed by atoms with E-state index in [0.29, 0.717) is 26.3 Å². The first kappa shape index (κ1) is 25.4. The van der Waals surface area contributed by atoms with Gasteiger partial charge in [0.25, 0.3) is 5.91 Å². The first-order valence-electron chi connectivity index (χ1n) is 10.2. The highest BCUT2D eigenvalue weighted by molar-refractivity contribution is 8.05. The lowest BCUT2D eigenvalue weighted by molar-refractivity contribution is -0.117. The molecule has 3 aromatic carbocycles. The fraction of sp³-hybridized carbons (Fsp3) is 0.0800. The second-order valence-corrected chi connectivity index (χ2v) is 10.2. The molecule has 2 amide bonds. The van der Waals surface area contributed by atoms with Crippen molar-refractivity contribution in [3.63, 3.8) is 0 Å². The number of para-hydroxylation sites is 1. The first-order chi connectivity index (χ1) is 16.8. The Hall–Kier alpha value is -2.66. The van der Waals surface area contributed by atoms with Crippen LogP contribution < -0.4 is 10.2 Å². The van der Waals surface area contributed by atoms with Gasteiger partial charge in [-0.1, -0.05) is 88.5 Å². The van der Waals surface area contributed by atoms with Gasteiger partial charge in [-0.05, 0) is 48.4 Å². The number of anilines is 2. The maximum absolute atomic E-state index is 13.5. The van der Waals surface area contributed by atoms with E-state index in [2.05, 4.69) is 5.32 Å². The van der Waals surface area contributed by atoms with Gasteiger partial charge in [0.1, 0.15) is 16.7 Å². The van der Waals surface area contributed by atoms with Crippen LogP contribution in [0.1, 0.15) is 5.56 Å². The molecule has 1 heterocycles. The third-order valence-corrected chi connectivity index (χ3v) is 7.80. The molecule has 35 heavy (non-hydrogen) atoms. The predicted octanol–water partition coefficient (Wildman–Crippen LogP) is 7.37. The van der Waals surface area contributed by atoms with Crippen LogP contribution in [-0.2, 0) is 16.0 Å². The van der Waals surface area contributed by atoms with E-state index in [1.165, 1.54) is 17.0 Å². The van der Waals surface area contributed by atoms with Gasteiger partial charge in [-0.2, -0.15) is 5.26 Å². The van der Waals surface area contributed by atoms with Crippen molar-refractivity contribution in [3.8, 4) is 6.07 Å². The Morgan fingerprint density at radius 1 is 1.00 bits per heavy atom. The zero-order chi connectivity index (χ0) is 25.1. The van der Waals surface area contributed by atoms with E-state index in [1.54, 1.807) is 48.5 Å². The molecule has 1 aliphatic rings. The number of thioether (sulfide) groups is 1. The second kappa shape index (κ2) is 10.9. The van der Waals surface area contributed by atoms with Crippen LogP contribution in [0.5, 0.6) is 0 Å². The van der Waals surface area contributed by atoms with Gasteiger partial charge in [-0.3, -0.25) is 14.5 Å². The number of nitrogens with zero attached hydrogens (tertiary/aromatic N) is 2. The third-order valence-electron chi connectivity index (χ3n) is 5.14. The summed E-state index contributed by atoms with van der Waals surface area (Å²) in [7, 11) is 0. The summed E-state index contributed by atoms with van der Waals surface area (Å²) >= 11 is 25.7. The van der Waals surface area contributed by atoms with E-state index < -0.39 is 11.2 Å². The van der Waals surface area contributed by atoms with Crippen molar-refractivity contribution < 1.29 is 9.59 Å². The van der Waals surface area contributed by atoms with Crippen molar-refractivity contribution in [2.45, 2.75) is 11.7 Å². The lowest BCUT2D eigenvalue weighted by atomic mass is 10.1. The highest BCUT2D eigenvalue weighted by Crippen LogP contribution is 2.43. The number of halogens is 4. The van der Waals surface area contributed by atoms with E-state index in [-0.39, 0.29) is 33.6 Å². The Balaban J connectivity index is 1.74. The highest BCUT2D eigenvalue weighted by Gasteiger charge is 2.41. The molecule has 0 aliphatic carbocycles. The standard InChI is InChI=1S/C25H15Cl4N3O2S/c26-15-9-10-20(19(28)12-15)31-23(33)17(13-30)25-32(16-6-2-1-3-7-16)24(34)21(35-25)11-14-5-4-8-18(27)22(14)29/h1-10,12,21H,11H2,(H,31,33)/b25-17-/t21-/m0/s1. The molecule has 1 aliphatic heterocycles. The number of nitrogens with one attached hydrogen (secondary N) is 1. The van der Waals surface area contributed by atoms with Crippen LogP contribution in [0.4, 0.5) is 11.4 Å². The summed E-state index contributed by atoms with van der Waals surface area (Å²) in [5.41, 5.74) is 1.29. The molecule has 4 rings (SSSR count). The summed E-state index contributed by atoms with van der Waals surface area (Å²) in [6.07, 6.45) is 0.263. The van der Waals surface area contributed by atoms with Crippen molar-refractivity contribution in [2.24, 2.45) is 0 Å². The Morgan fingerprint density at radius 3 is 2.43 bits per heavy atom. The van der Waals surface area contributed by atoms with Crippen LogP contribution in [-0.4, -0.2) is 17.1 Å². The van der Waals surface area contributed by atoms with Crippen LogP contribution >= 0.6 is 58.2 Å². The van der Waals surface area contributed by atoms with E-state index in [4.69, 9.17) is 46.4 Å². The largest absolute Gasteiger partial charge is 0.320 e. The Kier molecular flexibility index (Phi) is 7.95. The number of hydrogen-bond acceptors (Lipinski definition) is 4. The second-order valence-electron chi connectivity index (χ2n) is 7.40. The van der Waals surface area contributed by atoms with Crippen LogP contribution in [0, 0.1) is 11.3 Å². The fourth-order valence-electron chi connectivity index (χ4n) is 3.48. The molecule has 0 bridgehead atoms. The molecule has 5 nitrogen and oxygen atoms in total. The average molecular weight is 563 g/mol. The zero-order valence-corrected chi connectivity index (χ0v) is 21.6. The number of carbonyl (C=O) groups is 2. The minimum absolute atomic E-state index is 0.217. The highest BCUT2D eigenvalue weighted by atomic mass is 35.5. The summed E-state index contributed by atoms with van der Waals surface area (Å²) < 4.78 is 0. The number of hydrogen-bond donors (Lipinski definition) is 1. The fourth-order valence-corrected chi connectivity index (χ4v) is 5.63. The molecule has 0 radical (unpaired) electrons. The normalized spacial score (nSPS) is 16.7. The monoisotopic (exact) mass is 561 g/mol. The minimum atomic E-state index is -0.700. The van der Waals surface area contributed by atoms with Gasteiger partial charge in [0.05, 0.1) is 26.0 Å². The summed E-state index contributed by atoms with van der Waals surface area (Å²) in [5, 5.41) is 13.5. The van der Waals surface area contributed by atoms with Crippen molar-refractivity contribution in [1.29, 1.82) is 5.26 Å². The molecule has 1 N–H and O–H groups in total. The summed E-state index contributed by atoms with van der Waals surface area (Å²) in [4.78, 5) is 28.1. The maximum atomic E-state index is 13.5. The lowest BCUT2D eigenvalue weighted by Crippen LogP contribution is -2.31. The van der Waals surface area contributed by atoms with Gasteiger partial charge >= 0.3 is 0 Å². The minimum Gasteiger partial charge on any atom is -0.320 e. The molecule has 3 aromatic rings. The molecule has 1 atom stereocenters. The topological polar surface area (TPSA) is 73.2 Å². The molecule has 10 heteroatoms. The third kappa shape index (κ3) is 5.45. The van der Waals surface area contributed by atoms with Gasteiger partial charge in [0.2, 0.25) is 5.91 Å². The molecule has 0 spiro atoms. The van der Waals surface area contributed by atoms with Crippen LogP contribution in [0.15, 0.2) is 77.3 Å². The molecular weight excluding hydrogens is 548 g/mol. The van der Waals surface area contributed by atoms with Gasteiger partial charge < -0.3 is 5.32 Å².